The minimum absolute atomic E-state index is 0.320. The molecule has 142 valence electrons. The van der Waals surface area contributed by atoms with Crippen LogP contribution in [0.25, 0.3) is 0 Å². The van der Waals surface area contributed by atoms with Gasteiger partial charge in [0, 0.05) is 47.2 Å². The molecule has 1 heterocycles. The molecule has 0 saturated heterocycles. The van der Waals surface area contributed by atoms with Crippen molar-refractivity contribution in [1.82, 2.24) is 10.6 Å². The van der Waals surface area contributed by atoms with Gasteiger partial charge in [-0.2, -0.15) is 0 Å². The second kappa shape index (κ2) is 8.75. The van der Waals surface area contributed by atoms with Crippen LogP contribution < -0.4 is 26.0 Å². The molecule has 0 bridgehead atoms. The summed E-state index contributed by atoms with van der Waals surface area (Å²) in [5.74, 6) is 0.494. The molecule has 8 heteroatoms. The van der Waals surface area contributed by atoms with Crippen LogP contribution in [-0.4, -0.2) is 31.6 Å². The van der Waals surface area contributed by atoms with Gasteiger partial charge in [-0.3, -0.25) is 4.79 Å². The number of anilines is 2. The fourth-order valence-electron chi connectivity index (χ4n) is 2.72. The quantitative estimate of drug-likeness (QED) is 0.647. The summed E-state index contributed by atoms with van der Waals surface area (Å²) in [6.07, 6.45) is 0. The molecular weight excluding hydrogens is 368 g/mol. The molecule has 2 aromatic carbocycles. The van der Waals surface area contributed by atoms with Gasteiger partial charge in [0.05, 0.1) is 0 Å². The predicted octanol–water partition coefficient (Wildman–Crippen LogP) is 3.22. The van der Waals surface area contributed by atoms with Gasteiger partial charge in [-0.05, 0) is 43.3 Å². The molecule has 0 atom stereocenters. The monoisotopic (exact) mass is 388 g/mol. The Morgan fingerprint density at radius 3 is 2.81 bits per heavy atom. The van der Waals surface area contributed by atoms with Crippen molar-refractivity contribution in [3.8, 4) is 5.75 Å². The van der Waals surface area contributed by atoms with Gasteiger partial charge in [0.2, 0.25) is 0 Å². The average Bonchev–Trinajstić information content (AvgIpc) is 2.86. The molecule has 2 aromatic rings. The molecule has 1 aliphatic rings. The molecule has 0 spiro atoms. The third-order valence-electron chi connectivity index (χ3n) is 3.93. The SMILES string of the molecule is CCNC(=O)Nc1cc(Cl)cc(C(=O)Nc2ccc3c(c2)CNCCO3)c1. The highest BCUT2D eigenvalue weighted by Crippen LogP contribution is 2.25. The Labute approximate surface area is 162 Å². The van der Waals surface area contributed by atoms with Gasteiger partial charge in [0.15, 0.2) is 0 Å². The molecule has 0 radical (unpaired) electrons. The first-order valence-corrected chi connectivity index (χ1v) is 9.06. The molecule has 0 aliphatic carbocycles. The largest absolute Gasteiger partial charge is 0.492 e. The van der Waals surface area contributed by atoms with Crippen LogP contribution >= 0.6 is 11.6 Å². The van der Waals surface area contributed by atoms with Crippen molar-refractivity contribution in [2.45, 2.75) is 13.5 Å². The molecule has 27 heavy (non-hydrogen) atoms. The van der Waals surface area contributed by atoms with Crippen molar-refractivity contribution in [2.75, 3.05) is 30.3 Å². The maximum atomic E-state index is 12.6. The van der Waals surface area contributed by atoms with Crippen molar-refractivity contribution < 1.29 is 14.3 Å². The molecule has 0 aromatic heterocycles. The Morgan fingerprint density at radius 1 is 1.15 bits per heavy atom. The van der Waals surface area contributed by atoms with E-state index in [1.165, 1.54) is 0 Å². The van der Waals surface area contributed by atoms with Crippen LogP contribution in [0, 0.1) is 0 Å². The smallest absolute Gasteiger partial charge is 0.319 e. The van der Waals surface area contributed by atoms with Gasteiger partial charge in [0.1, 0.15) is 12.4 Å². The molecule has 3 amide bonds. The fraction of sp³-hybridized carbons (Fsp3) is 0.263. The Bertz CT molecular complexity index is 857. The Hall–Kier alpha value is -2.77. The molecular formula is C19H21ClN4O3. The van der Waals surface area contributed by atoms with E-state index < -0.39 is 0 Å². The number of halogens is 1. The molecule has 0 saturated carbocycles. The Morgan fingerprint density at radius 2 is 2.00 bits per heavy atom. The topological polar surface area (TPSA) is 91.5 Å². The number of hydrogen-bond acceptors (Lipinski definition) is 4. The summed E-state index contributed by atoms with van der Waals surface area (Å²) in [5, 5.41) is 11.7. The zero-order valence-electron chi connectivity index (χ0n) is 14.9. The Kier molecular flexibility index (Phi) is 6.16. The summed E-state index contributed by atoms with van der Waals surface area (Å²) in [5.41, 5.74) is 2.43. The highest BCUT2D eigenvalue weighted by atomic mass is 35.5. The molecule has 7 nitrogen and oxygen atoms in total. The normalized spacial score (nSPS) is 13.0. The highest BCUT2D eigenvalue weighted by Gasteiger charge is 2.13. The van der Waals surface area contributed by atoms with E-state index in [-0.39, 0.29) is 11.9 Å². The summed E-state index contributed by atoms with van der Waals surface area (Å²) in [4.78, 5) is 24.3. The minimum Gasteiger partial charge on any atom is -0.492 e. The van der Waals surface area contributed by atoms with Crippen molar-refractivity contribution in [2.24, 2.45) is 0 Å². The zero-order valence-corrected chi connectivity index (χ0v) is 15.7. The van der Waals surface area contributed by atoms with Crippen LogP contribution in [0.3, 0.4) is 0 Å². The van der Waals surface area contributed by atoms with Crippen molar-refractivity contribution in [1.29, 1.82) is 0 Å². The maximum Gasteiger partial charge on any atom is 0.319 e. The van der Waals surface area contributed by atoms with Gasteiger partial charge < -0.3 is 26.0 Å². The second-order valence-electron chi connectivity index (χ2n) is 6.01. The van der Waals surface area contributed by atoms with E-state index in [1.807, 2.05) is 19.1 Å². The predicted molar refractivity (Wildman–Crippen MR) is 106 cm³/mol. The van der Waals surface area contributed by atoms with Crippen LogP contribution in [0.15, 0.2) is 36.4 Å². The zero-order chi connectivity index (χ0) is 19.2. The fourth-order valence-corrected chi connectivity index (χ4v) is 2.96. The van der Waals surface area contributed by atoms with Gasteiger partial charge in [-0.1, -0.05) is 11.6 Å². The standard InChI is InChI=1S/C19H21ClN4O3/c1-2-22-19(26)24-16-8-12(7-14(20)10-16)18(25)23-15-3-4-17-13(9-15)11-21-5-6-27-17/h3-4,7-10,21H,2,5-6,11H2,1H3,(H,23,25)(H2,22,24,26). The summed E-state index contributed by atoms with van der Waals surface area (Å²) < 4.78 is 5.64. The van der Waals surface area contributed by atoms with Crippen LogP contribution in [0.5, 0.6) is 5.75 Å². The molecule has 1 aliphatic heterocycles. The lowest BCUT2D eigenvalue weighted by Gasteiger charge is -2.12. The molecule has 0 fully saturated rings. The van der Waals surface area contributed by atoms with E-state index in [2.05, 4.69) is 21.3 Å². The van der Waals surface area contributed by atoms with Gasteiger partial charge >= 0.3 is 6.03 Å². The number of hydrogen-bond donors (Lipinski definition) is 4. The van der Waals surface area contributed by atoms with Gasteiger partial charge in [0.25, 0.3) is 5.91 Å². The lowest BCUT2D eigenvalue weighted by atomic mass is 10.1. The Balaban J connectivity index is 1.75. The molecule has 4 N–H and O–H groups in total. The van der Waals surface area contributed by atoms with E-state index in [0.717, 1.165) is 17.9 Å². The van der Waals surface area contributed by atoms with Crippen LogP contribution in [0.2, 0.25) is 5.02 Å². The lowest BCUT2D eigenvalue weighted by molar-refractivity contribution is 0.102. The van der Waals surface area contributed by atoms with Gasteiger partial charge in [-0.25, -0.2) is 4.79 Å². The summed E-state index contributed by atoms with van der Waals surface area (Å²) in [7, 11) is 0. The third kappa shape index (κ3) is 5.12. The van der Waals surface area contributed by atoms with E-state index in [4.69, 9.17) is 16.3 Å². The highest BCUT2D eigenvalue weighted by molar-refractivity contribution is 6.31. The van der Waals surface area contributed by atoms with E-state index in [0.29, 0.717) is 41.7 Å². The van der Waals surface area contributed by atoms with E-state index >= 15 is 0 Å². The first-order chi connectivity index (χ1) is 13.0. The number of ether oxygens (including phenoxy) is 1. The van der Waals surface area contributed by atoms with Crippen LogP contribution in [0.4, 0.5) is 16.2 Å². The lowest BCUT2D eigenvalue weighted by Crippen LogP contribution is -2.28. The van der Waals surface area contributed by atoms with E-state index in [1.54, 1.807) is 24.3 Å². The van der Waals surface area contributed by atoms with Crippen LogP contribution in [-0.2, 0) is 6.54 Å². The number of benzene rings is 2. The summed E-state index contributed by atoms with van der Waals surface area (Å²) in [6, 6.07) is 9.87. The summed E-state index contributed by atoms with van der Waals surface area (Å²) in [6.45, 7) is 4.38. The van der Waals surface area contributed by atoms with Crippen molar-refractivity contribution in [3.63, 3.8) is 0 Å². The number of carbonyl (C=O) groups excluding carboxylic acids is 2. The first kappa shape index (κ1) is 19.0. The first-order valence-electron chi connectivity index (χ1n) is 8.68. The second-order valence-corrected chi connectivity index (χ2v) is 6.45. The maximum absolute atomic E-state index is 12.6. The third-order valence-corrected chi connectivity index (χ3v) is 4.14. The number of carbonyl (C=O) groups is 2. The number of amides is 3. The number of nitrogens with one attached hydrogen (secondary N) is 4. The van der Waals surface area contributed by atoms with Crippen molar-refractivity contribution in [3.05, 3.63) is 52.5 Å². The van der Waals surface area contributed by atoms with Crippen molar-refractivity contribution >= 4 is 34.9 Å². The van der Waals surface area contributed by atoms with Gasteiger partial charge in [-0.15, -0.1) is 0 Å². The molecule has 0 unspecified atom stereocenters. The minimum atomic E-state index is -0.357. The van der Waals surface area contributed by atoms with Crippen LogP contribution in [0.1, 0.15) is 22.8 Å². The molecule has 3 rings (SSSR count). The summed E-state index contributed by atoms with van der Waals surface area (Å²) >= 11 is 6.09. The number of urea groups is 1. The van der Waals surface area contributed by atoms with E-state index in [9.17, 15) is 9.59 Å². The average molecular weight is 389 g/mol. The number of rotatable bonds is 4. The number of fused-ring (bicyclic) bond motifs is 1.